The summed E-state index contributed by atoms with van der Waals surface area (Å²) in [7, 11) is 1.40. The lowest BCUT2D eigenvalue weighted by atomic mass is 9.87. The fraction of sp³-hybridized carbons (Fsp3) is 0.278. The Kier molecular flexibility index (Phi) is 7.58. The number of carbonyl (C=O) groups is 1. The molecular formula is C36H33NO5. The van der Waals surface area contributed by atoms with Gasteiger partial charge in [-0.25, -0.2) is 0 Å². The Bertz CT molecular complexity index is 1660. The summed E-state index contributed by atoms with van der Waals surface area (Å²) in [5.41, 5.74) is 9.29. The van der Waals surface area contributed by atoms with Crippen molar-refractivity contribution in [1.82, 2.24) is 0 Å². The predicted molar refractivity (Wildman–Crippen MR) is 160 cm³/mol. The Morgan fingerprint density at radius 1 is 0.952 bits per heavy atom. The number of esters is 1. The molecule has 0 amide bonds. The van der Waals surface area contributed by atoms with E-state index in [1.807, 2.05) is 48.5 Å². The van der Waals surface area contributed by atoms with E-state index in [0.29, 0.717) is 25.2 Å². The first-order valence-electron chi connectivity index (χ1n) is 14.3. The number of benzene rings is 4. The molecule has 1 aliphatic carbocycles. The summed E-state index contributed by atoms with van der Waals surface area (Å²) in [6.45, 7) is 5.12. The monoisotopic (exact) mass is 559 g/mol. The topological polar surface area (TPSA) is 77.8 Å². The highest BCUT2D eigenvalue weighted by Crippen LogP contribution is 2.45. The third-order valence-corrected chi connectivity index (χ3v) is 8.26. The summed E-state index contributed by atoms with van der Waals surface area (Å²) >= 11 is 0. The van der Waals surface area contributed by atoms with Crippen LogP contribution in [0.25, 0.3) is 11.1 Å². The number of aryl methyl sites for hydroxylation is 2. The third kappa shape index (κ3) is 5.31. The van der Waals surface area contributed by atoms with E-state index in [1.54, 1.807) is 0 Å². The van der Waals surface area contributed by atoms with Gasteiger partial charge in [0.15, 0.2) is 0 Å². The Hall–Kier alpha value is -4.76. The first-order chi connectivity index (χ1) is 20.4. The van der Waals surface area contributed by atoms with Crippen molar-refractivity contribution in [2.75, 3.05) is 13.7 Å². The molecule has 1 heterocycles. The normalized spacial score (nSPS) is 16.6. The second kappa shape index (κ2) is 11.6. The van der Waals surface area contributed by atoms with E-state index in [-0.39, 0.29) is 18.0 Å². The molecule has 42 heavy (non-hydrogen) atoms. The minimum atomic E-state index is -0.244. The summed E-state index contributed by atoms with van der Waals surface area (Å²) in [5.74, 6) is 2.04. The van der Waals surface area contributed by atoms with Crippen LogP contribution in [0.15, 0.2) is 72.8 Å². The maximum Gasteiger partial charge on any atom is 0.306 e. The molecule has 2 aliphatic rings. The molecule has 0 spiro atoms. The standard InChI is InChI=1S/C36H33NO5/c1-22-15-28(40-20-24-7-5-4-6-8-24)16-23(2)35(22)36-25(19-37)9-11-30-31(36)13-14-32(30)42-27-10-12-29-26(17-34(38)39-3)21-41-33(29)18-27/h4-12,15-16,18,26,32H,13-14,17,20-21H2,1-3H3/t26-,32-/m1/s1. The lowest BCUT2D eigenvalue weighted by Gasteiger charge is -2.19. The SMILES string of the molecule is COC(=O)C[C@@H]1COc2cc(O[C@@H]3CCc4c3ccc(C#N)c4-c3c(C)cc(OCc4ccccc4)cc3C)ccc21. The van der Waals surface area contributed by atoms with E-state index < -0.39 is 0 Å². The van der Waals surface area contributed by atoms with Gasteiger partial charge in [-0.15, -0.1) is 0 Å². The second-order valence-electron chi connectivity index (χ2n) is 11.0. The molecule has 0 radical (unpaired) electrons. The average molecular weight is 560 g/mol. The molecule has 0 aromatic heterocycles. The van der Waals surface area contributed by atoms with Crippen LogP contribution < -0.4 is 14.2 Å². The van der Waals surface area contributed by atoms with Gasteiger partial charge >= 0.3 is 5.97 Å². The number of hydrogen-bond acceptors (Lipinski definition) is 6. The number of nitriles is 1. The van der Waals surface area contributed by atoms with Crippen LogP contribution in [0.5, 0.6) is 17.2 Å². The molecule has 6 rings (SSSR count). The Balaban J connectivity index is 1.26. The molecule has 4 aromatic rings. The maximum absolute atomic E-state index is 11.8. The first kappa shape index (κ1) is 27.4. The van der Waals surface area contributed by atoms with Crippen LogP contribution in [0, 0.1) is 25.2 Å². The van der Waals surface area contributed by atoms with Crippen molar-refractivity contribution in [3.63, 3.8) is 0 Å². The molecule has 0 N–H and O–H groups in total. The molecule has 1 aliphatic heterocycles. The lowest BCUT2D eigenvalue weighted by molar-refractivity contribution is -0.141. The van der Waals surface area contributed by atoms with E-state index >= 15 is 0 Å². The highest BCUT2D eigenvalue weighted by Gasteiger charge is 2.31. The largest absolute Gasteiger partial charge is 0.492 e. The summed E-state index contributed by atoms with van der Waals surface area (Å²) in [6, 6.07) is 26.5. The Morgan fingerprint density at radius 3 is 2.45 bits per heavy atom. The zero-order chi connectivity index (χ0) is 29.2. The number of methoxy groups -OCH3 is 1. The van der Waals surface area contributed by atoms with Crippen molar-refractivity contribution in [3.8, 4) is 34.4 Å². The van der Waals surface area contributed by atoms with Crippen LogP contribution in [-0.4, -0.2) is 19.7 Å². The van der Waals surface area contributed by atoms with Gasteiger partial charge in [-0.05, 0) is 84.3 Å². The van der Waals surface area contributed by atoms with E-state index in [2.05, 4.69) is 44.2 Å². The number of fused-ring (bicyclic) bond motifs is 2. The van der Waals surface area contributed by atoms with Gasteiger partial charge in [0.05, 0.1) is 31.8 Å². The van der Waals surface area contributed by atoms with Crippen molar-refractivity contribution in [2.24, 2.45) is 0 Å². The summed E-state index contributed by atoms with van der Waals surface area (Å²) in [6.07, 6.45) is 1.79. The Morgan fingerprint density at radius 2 is 1.71 bits per heavy atom. The third-order valence-electron chi connectivity index (χ3n) is 8.26. The molecule has 2 atom stereocenters. The van der Waals surface area contributed by atoms with Crippen molar-refractivity contribution < 1.29 is 23.7 Å². The molecular weight excluding hydrogens is 526 g/mol. The quantitative estimate of drug-likeness (QED) is 0.208. The van der Waals surface area contributed by atoms with Crippen LogP contribution >= 0.6 is 0 Å². The van der Waals surface area contributed by atoms with Gasteiger partial charge in [-0.1, -0.05) is 42.5 Å². The minimum Gasteiger partial charge on any atom is -0.492 e. The molecule has 0 fully saturated rings. The molecule has 0 saturated carbocycles. The molecule has 6 nitrogen and oxygen atoms in total. The van der Waals surface area contributed by atoms with Gasteiger partial charge in [0.1, 0.15) is 30.0 Å². The number of carbonyl (C=O) groups excluding carboxylic acids is 1. The predicted octanol–water partition coefficient (Wildman–Crippen LogP) is 7.53. The van der Waals surface area contributed by atoms with E-state index in [4.69, 9.17) is 18.9 Å². The number of nitrogens with zero attached hydrogens (tertiary/aromatic N) is 1. The number of ether oxygens (including phenoxy) is 4. The molecule has 0 saturated heterocycles. The van der Waals surface area contributed by atoms with Crippen LogP contribution in [-0.2, 0) is 22.6 Å². The van der Waals surface area contributed by atoms with E-state index in [0.717, 1.165) is 69.0 Å². The molecule has 4 aromatic carbocycles. The van der Waals surface area contributed by atoms with Crippen molar-refractivity contribution >= 4 is 5.97 Å². The van der Waals surface area contributed by atoms with Crippen LogP contribution in [0.3, 0.4) is 0 Å². The number of hydrogen-bond donors (Lipinski definition) is 0. The van der Waals surface area contributed by atoms with Crippen LogP contribution in [0.2, 0.25) is 0 Å². The van der Waals surface area contributed by atoms with Crippen molar-refractivity contribution in [2.45, 2.75) is 51.7 Å². The van der Waals surface area contributed by atoms with E-state index in [1.165, 1.54) is 12.7 Å². The fourth-order valence-corrected chi connectivity index (χ4v) is 6.26. The Labute approximate surface area is 246 Å². The molecule has 6 heteroatoms. The highest BCUT2D eigenvalue weighted by molar-refractivity contribution is 5.81. The smallest absolute Gasteiger partial charge is 0.306 e. The van der Waals surface area contributed by atoms with Crippen LogP contribution in [0.4, 0.5) is 0 Å². The van der Waals surface area contributed by atoms with Gasteiger partial charge in [-0.3, -0.25) is 4.79 Å². The summed E-state index contributed by atoms with van der Waals surface area (Å²) < 4.78 is 23.3. The van der Waals surface area contributed by atoms with Gasteiger partial charge < -0.3 is 18.9 Å². The second-order valence-corrected chi connectivity index (χ2v) is 11.0. The summed E-state index contributed by atoms with van der Waals surface area (Å²) in [5, 5.41) is 10.1. The molecule has 0 bridgehead atoms. The number of rotatable bonds is 8. The van der Waals surface area contributed by atoms with Gasteiger partial charge in [-0.2, -0.15) is 5.26 Å². The van der Waals surface area contributed by atoms with Gasteiger partial charge in [0.25, 0.3) is 0 Å². The van der Waals surface area contributed by atoms with Gasteiger partial charge in [0.2, 0.25) is 0 Å². The zero-order valence-electron chi connectivity index (χ0n) is 24.1. The van der Waals surface area contributed by atoms with E-state index in [9.17, 15) is 10.1 Å². The fourth-order valence-electron chi connectivity index (χ4n) is 6.26. The molecule has 0 unspecified atom stereocenters. The average Bonchev–Trinajstić information content (AvgIpc) is 3.59. The van der Waals surface area contributed by atoms with Crippen LogP contribution in [0.1, 0.15) is 63.8 Å². The van der Waals surface area contributed by atoms with Crippen molar-refractivity contribution in [1.29, 1.82) is 5.26 Å². The minimum absolute atomic E-state index is 0.0118. The highest BCUT2D eigenvalue weighted by atomic mass is 16.5. The summed E-state index contributed by atoms with van der Waals surface area (Å²) in [4.78, 5) is 11.8. The molecule has 212 valence electrons. The zero-order valence-corrected chi connectivity index (χ0v) is 24.1. The maximum atomic E-state index is 11.8. The van der Waals surface area contributed by atoms with Crippen molar-refractivity contribution in [3.05, 3.63) is 112 Å². The van der Waals surface area contributed by atoms with Gasteiger partial charge in [0, 0.05) is 23.1 Å². The first-order valence-corrected chi connectivity index (χ1v) is 14.3. The lowest BCUT2D eigenvalue weighted by Crippen LogP contribution is -2.09.